The van der Waals surface area contributed by atoms with E-state index in [1.807, 2.05) is 20.8 Å². The van der Waals surface area contributed by atoms with Gasteiger partial charge < -0.3 is 15.5 Å². The van der Waals surface area contributed by atoms with Crippen molar-refractivity contribution in [2.45, 2.75) is 39.7 Å². The highest BCUT2D eigenvalue weighted by atomic mass is 16.2. The Labute approximate surface area is 104 Å². The van der Waals surface area contributed by atoms with Gasteiger partial charge in [-0.25, -0.2) is 0 Å². The second-order valence-corrected chi connectivity index (χ2v) is 4.16. The molecule has 0 aromatic rings. The molecule has 0 aromatic carbocycles. The summed E-state index contributed by atoms with van der Waals surface area (Å²) in [6.45, 7) is 7.26. The first-order valence-electron chi connectivity index (χ1n) is 6.26. The smallest absolute Gasteiger partial charge is 0.242 e. The van der Waals surface area contributed by atoms with Crippen LogP contribution in [0.25, 0.3) is 0 Å². The summed E-state index contributed by atoms with van der Waals surface area (Å²) >= 11 is 0. The minimum atomic E-state index is -0.491. The molecule has 2 amide bonds. The van der Waals surface area contributed by atoms with Crippen LogP contribution in [0.15, 0.2) is 0 Å². The zero-order chi connectivity index (χ0) is 13.4. The molecule has 0 bridgehead atoms. The fourth-order valence-corrected chi connectivity index (χ4v) is 1.67. The lowest BCUT2D eigenvalue weighted by molar-refractivity contribution is -0.139. The van der Waals surface area contributed by atoms with Gasteiger partial charge in [-0.15, -0.1) is 0 Å². The van der Waals surface area contributed by atoms with Crippen LogP contribution in [0.1, 0.15) is 33.6 Å². The Kier molecular flexibility index (Phi) is 7.54. The molecule has 0 aliphatic carbocycles. The van der Waals surface area contributed by atoms with Crippen molar-refractivity contribution >= 4 is 11.8 Å². The summed E-state index contributed by atoms with van der Waals surface area (Å²) in [7, 11) is 1.62. The summed E-state index contributed by atoms with van der Waals surface area (Å²) in [5.74, 6) is -0.193. The molecule has 0 aromatic heterocycles. The number of amides is 2. The van der Waals surface area contributed by atoms with Crippen molar-refractivity contribution in [1.29, 1.82) is 0 Å². The van der Waals surface area contributed by atoms with Gasteiger partial charge in [-0.3, -0.25) is 9.59 Å². The van der Waals surface area contributed by atoms with E-state index in [0.717, 1.165) is 6.42 Å². The number of hydrogen-bond donors (Lipinski definition) is 1. The highest BCUT2D eigenvalue weighted by Gasteiger charge is 2.20. The number of rotatable bonds is 7. The number of likely N-dealkylation sites (N-methyl/N-ethyl adjacent to an activating group) is 2. The molecule has 0 radical (unpaired) electrons. The molecular weight excluding hydrogens is 218 g/mol. The van der Waals surface area contributed by atoms with E-state index in [9.17, 15) is 9.59 Å². The van der Waals surface area contributed by atoms with Crippen LogP contribution < -0.4 is 5.73 Å². The third-order valence-corrected chi connectivity index (χ3v) is 2.78. The second kappa shape index (κ2) is 8.06. The molecule has 100 valence electrons. The molecule has 0 aliphatic heterocycles. The molecule has 5 heteroatoms. The predicted octanol–water partition coefficient (Wildman–Crippen LogP) is 0.441. The molecule has 17 heavy (non-hydrogen) atoms. The van der Waals surface area contributed by atoms with Crippen LogP contribution >= 0.6 is 0 Å². The Hall–Kier alpha value is -1.10. The van der Waals surface area contributed by atoms with Crippen molar-refractivity contribution in [3.63, 3.8) is 0 Å². The highest BCUT2D eigenvalue weighted by Crippen LogP contribution is 1.99. The van der Waals surface area contributed by atoms with Gasteiger partial charge in [0.25, 0.3) is 0 Å². The van der Waals surface area contributed by atoms with E-state index in [0.29, 0.717) is 19.5 Å². The maximum Gasteiger partial charge on any atom is 0.242 e. The number of nitrogens with zero attached hydrogens (tertiary/aromatic N) is 2. The average Bonchev–Trinajstić information content (AvgIpc) is 2.29. The maximum atomic E-state index is 11.8. The van der Waals surface area contributed by atoms with Crippen LogP contribution in [0, 0.1) is 0 Å². The largest absolute Gasteiger partial charge is 0.342 e. The SMILES string of the molecule is CCC[C@H](N)C(=O)N(C)CC(=O)N(CC)CC. The first kappa shape index (κ1) is 15.9. The number of hydrogen-bond acceptors (Lipinski definition) is 3. The van der Waals surface area contributed by atoms with Gasteiger partial charge in [0.05, 0.1) is 12.6 Å². The molecule has 2 N–H and O–H groups in total. The normalized spacial score (nSPS) is 12.1. The van der Waals surface area contributed by atoms with Gasteiger partial charge in [0.2, 0.25) is 11.8 Å². The first-order valence-corrected chi connectivity index (χ1v) is 6.26. The lowest BCUT2D eigenvalue weighted by Crippen LogP contribution is -2.46. The van der Waals surface area contributed by atoms with Gasteiger partial charge in [0.15, 0.2) is 0 Å². The van der Waals surface area contributed by atoms with Crippen molar-refractivity contribution in [2.75, 3.05) is 26.7 Å². The fourth-order valence-electron chi connectivity index (χ4n) is 1.67. The third-order valence-electron chi connectivity index (χ3n) is 2.78. The molecule has 0 aliphatic rings. The number of nitrogens with two attached hydrogens (primary N) is 1. The van der Waals surface area contributed by atoms with Crippen molar-refractivity contribution < 1.29 is 9.59 Å². The summed E-state index contributed by atoms with van der Waals surface area (Å²) in [5, 5.41) is 0. The molecule has 0 rings (SSSR count). The topological polar surface area (TPSA) is 66.6 Å². The minimum absolute atomic E-state index is 0.0328. The van der Waals surface area contributed by atoms with Crippen molar-refractivity contribution in [2.24, 2.45) is 5.73 Å². The lowest BCUT2D eigenvalue weighted by Gasteiger charge is -2.24. The summed E-state index contributed by atoms with van der Waals surface area (Å²) in [4.78, 5) is 26.7. The number of carbonyl (C=O) groups is 2. The van der Waals surface area contributed by atoms with E-state index in [4.69, 9.17) is 5.73 Å². The molecule has 0 saturated carbocycles. The molecule has 5 nitrogen and oxygen atoms in total. The fraction of sp³-hybridized carbons (Fsp3) is 0.833. The Morgan fingerprint density at radius 2 is 1.71 bits per heavy atom. The van der Waals surface area contributed by atoms with Gasteiger partial charge in [-0.2, -0.15) is 0 Å². The van der Waals surface area contributed by atoms with Crippen LogP contribution in [0.5, 0.6) is 0 Å². The van der Waals surface area contributed by atoms with E-state index < -0.39 is 6.04 Å². The van der Waals surface area contributed by atoms with Crippen molar-refractivity contribution in [3.05, 3.63) is 0 Å². The Bertz CT molecular complexity index is 252. The molecule has 0 saturated heterocycles. The molecule has 0 unspecified atom stereocenters. The molecule has 1 atom stereocenters. The van der Waals surface area contributed by atoms with Gasteiger partial charge in [-0.1, -0.05) is 13.3 Å². The zero-order valence-electron chi connectivity index (χ0n) is 11.4. The summed E-state index contributed by atoms with van der Waals surface area (Å²) < 4.78 is 0. The third kappa shape index (κ3) is 5.17. The zero-order valence-corrected chi connectivity index (χ0v) is 11.4. The van der Waals surface area contributed by atoms with Crippen LogP contribution in [0.3, 0.4) is 0 Å². The Balaban J connectivity index is 4.28. The van der Waals surface area contributed by atoms with E-state index in [1.165, 1.54) is 4.90 Å². The second-order valence-electron chi connectivity index (χ2n) is 4.16. The van der Waals surface area contributed by atoms with E-state index in [-0.39, 0.29) is 18.4 Å². The standard InChI is InChI=1S/C12H25N3O2/c1-5-8-10(13)12(17)14(4)9-11(16)15(6-2)7-3/h10H,5-9,13H2,1-4H3/t10-/m0/s1. The van der Waals surface area contributed by atoms with Gasteiger partial charge in [0, 0.05) is 20.1 Å². The monoisotopic (exact) mass is 243 g/mol. The van der Waals surface area contributed by atoms with Crippen molar-refractivity contribution in [1.82, 2.24) is 9.80 Å². The summed E-state index contributed by atoms with van der Waals surface area (Å²) in [6.07, 6.45) is 1.52. The maximum absolute atomic E-state index is 11.8. The quantitative estimate of drug-likeness (QED) is 0.705. The van der Waals surface area contributed by atoms with E-state index in [2.05, 4.69) is 0 Å². The lowest BCUT2D eigenvalue weighted by atomic mass is 10.1. The average molecular weight is 243 g/mol. The Morgan fingerprint density at radius 1 is 1.18 bits per heavy atom. The van der Waals surface area contributed by atoms with Gasteiger partial charge >= 0.3 is 0 Å². The molecular formula is C12H25N3O2. The number of carbonyl (C=O) groups excluding carboxylic acids is 2. The summed E-state index contributed by atoms with van der Waals surface area (Å²) in [5.41, 5.74) is 5.73. The molecule has 0 spiro atoms. The van der Waals surface area contributed by atoms with Crippen LogP contribution in [-0.4, -0.2) is 54.3 Å². The molecule has 0 fully saturated rings. The van der Waals surface area contributed by atoms with Crippen LogP contribution in [0.4, 0.5) is 0 Å². The van der Waals surface area contributed by atoms with Gasteiger partial charge in [-0.05, 0) is 20.3 Å². The minimum Gasteiger partial charge on any atom is -0.342 e. The van der Waals surface area contributed by atoms with E-state index >= 15 is 0 Å². The van der Waals surface area contributed by atoms with Gasteiger partial charge in [0.1, 0.15) is 0 Å². The predicted molar refractivity (Wildman–Crippen MR) is 68.4 cm³/mol. The van der Waals surface area contributed by atoms with Crippen molar-refractivity contribution in [3.8, 4) is 0 Å². The summed E-state index contributed by atoms with van der Waals surface area (Å²) in [6, 6.07) is -0.491. The van der Waals surface area contributed by atoms with Crippen LogP contribution in [-0.2, 0) is 9.59 Å². The first-order chi connectivity index (χ1) is 7.97. The van der Waals surface area contributed by atoms with E-state index in [1.54, 1.807) is 11.9 Å². The highest BCUT2D eigenvalue weighted by molar-refractivity contribution is 5.87. The van der Waals surface area contributed by atoms with Crippen LogP contribution in [0.2, 0.25) is 0 Å². The molecule has 0 heterocycles. The Morgan fingerprint density at radius 3 is 2.12 bits per heavy atom.